The Morgan fingerprint density at radius 1 is 1.37 bits per heavy atom. The van der Waals surface area contributed by atoms with Gasteiger partial charge in [-0.3, -0.25) is 4.79 Å². The molecule has 1 N–H and O–H groups in total. The zero-order chi connectivity index (χ0) is 14.6. The second kappa shape index (κ2) is 6.19. The number of nitrogens with one attached hydrogen (secondary N) is 1. The third kappa shape index (κ3) is 4.35. The van der Waals surface area contributed by atoms with Gasteiger partial charge in [-0.2, -0.15) is 0 Å². The monoisotopic (exact) mass is 283 g/mol. The molecule has 0 aliphatic rings. The summed E-state index contributed by atoms with van der Waals surface area (Å²) >= 11 is 1.26. The maximum absolute atomic E-state index is 11.9. The molecule has 1 aromatic heterocycles. The molecule has 1 rings (SSSR count). The third-order valence-electron chi connectivity index (χ3n) is 2.46. The molecule has 0 aliphatic heterocycles. The van der Waals surface area contributed by atoms with Gasteiger partial charge in [0.25, 0.3) is 0 Å². The Morgan fingerprint density at radius 3 is 2.53 bits per heavy atom. The predicted molar refractivity (Wildman–Crippen MR) is 77.7 cm³/mol. The molecule has 0 saturated carbocycles. The van der Waals surface area contributed by atoms with Crippen molar-refractivity contribution in [3.8, 4) is 0 Å². The molecular formula is C14H21NO3S. The molecule has 0 bridgehead atoms. The number of thiophene rings is 1. The van der Waals surface area contributed by atoms with Gasteiger partial charge >= 0.3 is 5.97 Å². The Labute approximate surface area is 118 Å². The number of carbonyl (C=O) groups is 2. The van der Waals surface area contributed by atoms with Gasteiger partial charge in [-0.1, -0.05) is 27.7 Å². The Kier molecular flexibility index (Phi) is 5.11. The zero-order valence-electron chi connectivity index (χ0n) is 12.1. The first-order chi connectivity index (χ1) is 8.75. The minimum Gasteiger partial charge on any atom is -0.462 e. The van der Waals surface area contributed by atoms with Crippen molar-refractivity contribution in [1.29, 1.82) is 0 Å². The number of ether oxygens (including phenoxy) is 1. The van der Waals surface area contributed by atoms with Crippen molar-refractivity contribution in [1.82, 2.24) is 0 Å². The van der Waals surface area contributed by atoms with Gasteiger partial charge in [0.05, 0.1) is 11.6 Å². The van der Waals surface area contributed by atoms with Gasteiger partial charge in [-0.15, -0.1) is 11.3 Å². The van der Waals surface area contributed by atoms with Crippen molar-refractivity contribution >= 4 is 28.2 Å². The largest absolute Gasteiger partial charge is 0.462 e. The minimum absolute atomic E-state index is 0.0674. The molecular weight excluding hydrogens is 262 g/mol. The summed E-state index contributed by atoms with van der Waals surface area (Å²) in [4.78, 5) is 24.2. The fraction of sp³-hybridized carbons (Fsp3) is 0.571. The van der Waals surface area contributed by atoms with Gasteiger partial charge in [0.1, 0.15) is 4.88 Å². The van der Waals surface area contributed by atoms with Crippen LogP contribution in [-0.4, -0.2) is 18.5 Å². The van der Waals surface area contributed by atoms with Crippen LogP contribution in [-0.2, 0) is 9.53 Å². The Hall–Kier alpha value is -1.36. The molecule has 0 aromatic carbocycles. The lowest BCUT2D eigenvalue weighted by atomic mass is 9.96. The molecule has 1 aromatic rings. The van der Waals surface area contributed by atoms with E-state index in [-0.39, 0.29) is 11.9 Å². The van der Waals surface area contributed by atoms with Crippen LogP contribution in [0.1, 0.15) is 49.4 Å². The maximum Gasteiger partial charge on any atom is 0.348 e. The minimum atomic E-state index is -0.458. The molecule has 106 valence electrons. The van der Waals surface area contributed by atoms with E-state index >= 15 is 0 Å². The number of rotatable bonds is 4. The van der Waals surface area contributed by atoms with Gasteiger partial charge in [-0.25, -0.2) is 4.79 Å². The maximum atomic E-state index is 11.9. The van der Waals surface area contributed by atoms with Gasteiger partial charge in [0.2, 0.25) is 5.91 Å². The first-order valence-corrected chi connectivity index (χ1v) is 7.16. The van der Waals surface area contributed by atoms with Crippen molar-refractivity contribution in [2.24, 2.45) is 5.41 Å². The van der Waals surface area contributed by atoms with E-state index in [0.29, 0.717) is 16.5 Å². The summed E-state index contributed by atoms with van der Waals surface area (Å²) in [6, 6.07) is 1.80. The van der Waals surface area contributed by atoms with Crippen LogP contribution in [0.2, 0.25) is 0 Å². The van der Waals surface area contributed by atoms with Gasteiger partial charge in [0.15, 0.2) is 0 Å². The van der Waals surface area contributed by atoms with Crippen LogP contribution in [0, 0.1) is 12.3 Å². The average molecular weight is 283 g/mol. The van der Waals surface area contributed by atoms with E-state index in [1.54, 1.807) is 6.07 Å². The second-order valence-electron chi connectivity index (χ2n) is 5.46. The quantitative estimate of drug-likeness (QED) is 0.859. The van der Waals surface area contributed by atoms with Crippen molar-refractivity contribution in [3.63, 3.8) is 0 Å². The van der Waals surface area contributed by atoms with Crippen LogP contribution >= 0.6 is 11.3 Å². The van der Waals surface area contributed by atoms with E-state index in [0.717, 1.165) is 12.0 Å². The molecule has 0 atom stereocenters. The second-order valence-corrected chi connectivity index (χ2v) is 6.52. The molecule has 0 aliphatic carbocycles. The highest BCUT2D eigenvalue weighted by Gasteiger charge is 2.23. The van der Waals surface area contributed by atoms with Crippen molar-refractivity contribution in [3.05, 3.63) is 16.5 Å². The molecule has 19 heavy (non-hydrogen) atoms. The summed E-state index contributed by atoms with van der Waals surface area (Å²) in [5.74, 6) is -0.386. The lowest BCUT2D eigenvalue weighted by Crippen LogP contribution is -2.27. The number of carbonyl (C=O) groups excluding carboxylic acids is 2. The fourth-order valence-electron chi connectivity index (χ4n) is 1.31. The molecule has 0 spiro atoms. The van der Waals surface area contributed by atoms with Crippen molar-refractivity contribution in [2.45, 2.75) is 41.0 Å². The third-order valence-corrected chi connectivity index (χ3v) is 3.59. The summed E-state index contributed by atoms with van der Waals surface area (Å²) in [5, 5.41) is 3.51. The van der Waals surface area contributed by atoms with E-state index in [2.05, 4.69) is 5.32 Å². The molecule has 0 radical (unpaired) electrons. The molecule has 4 nitrogen and oxygen atoms in total. The number of anilines is 1. The molecule has 0 unspecified atom stereocenters. The lowest BCUT2D eigenvalue weighted by Gasteiger charge is -2.16. The van der Waals surface area contributed by atoms with Crippen LogP contribution in [0.4, 0.5) is 5.00 Å². The Bertz CT molecular complexity index is 472. The highest BCUT2D eigenvalue weighted by atomic mass is 32.1. The van der Waals surface area contributed by atoms with Crippen LogP contribution in [0.5, 0.6) is 0 Å². The number of hydrogen-bond donors (Lipinski definition) is 1. The summed E-state index contributed by atoms with van der Waals surface area (Å²) < 4.78 is 5.10. The Balaban J connectivity index is 2.79. The Morgan fingerprint density at radius 2 is 2.00 bits per heavy atom. The number of esters is 1. The van der Waals surface area contributed by atoms with E-state index in [4.69, 9.17) is 4.74 Å². The molecule has 1 amide bonds. The van der Waals surface area contributed by atoms with Gasteiger partial charge < -0.3 is 10.1 Å². The highest BCUT2D eigenvalue weighted by Crippen LogP contribution is 2.29. The van der Waals surface area contributed by atoms with Crippen LogP contribution in [0.15, 0.2) is 6.07 Å². The van der Waals surface area contributed by atoms with Crippen LogP contribution in [0.25, 0.3) is 0 Å². The SMILES string of the molecule is CCCOC(=O)c1sc(NC(=O)C(C)(C)C)cc1C. The van der Waals surface area contributed by atoms with E-state index in [9.17, 15) is 9.59 Å². The zero-order valence-corrected chi connectivity index (χ0v) is 12.9. The molecule has 5 heteroatoms. The van der Waals surface area contributed by atoms with Gasteiger partial charge in [0, 0.05) is 5.41 Å². The van der Waals surface area contributed by atoms with Crippen LogP contribution in [0.3, 0.4) is 0 Å². The summed E-state index contributed by atoms with van der Waals surface area (Å²) in [6.45, 7) is 9.74. The summed E-state index contributed by atoms with van der Waals surface area (Å²) in [6.07, 6.45) is 0.795. The first-order valence-electron chi connectivity index (χ1n) is 6.34. The predicted octanol–water partition coefficient (Wildman–Crippen LogP) is 3.61. The summed E-state index contributed by atoms with van der Waals surface area (Å²) in [7, 11) is 0. The standard InChI is InChI=1S/C14H21NO3S/c1-6-7-18-12(16)11-9(2)8-10(19-11)15-13(17)14(3,4)5/h8H,6-7H2,1-5H3,(H,15,17). The van der Waals surface area contributed by atoms with Crippen molar-refractivity contribution < 1.29 is 14.3 Å². The number of aryl methyl sites for hydroxylation is 1. The normalized spacial score (nSPS) is 11.2. The van der Waals surface area contributed by atoms with E-state index in [1.807, 2.05) is 34.6 Å². The summed E-state index contributed by atoms with van der Waals surface area (Å²) in [5.41, 5.74) is 0.371. The number of amides is 1. The lowest BCUT2D eigenvalue weighted by molar-refractivity contribution is -0.123. The molecule has 0 saturated heterocycles. The van der Waals surface area contributed by atoms with E-state index in [1.165, 1.54) is 11.3 Å². The molecule has 0 fully saturated rings. The van der Waals surface area contributed by atoms with Gasteiger partial charge in [-0.05, 0) is 25.0 Å². The number of hydrogen-bond acceptors (Lipinski definition) is 4. The fourth-order valence-corrected chi connectivity index (χ4v) is 2.27. The van der Waals surface area contributed by atoms with Crippen LogP contribution < -0.4 is 5.32 Å². The average Bonchev–Trinajstić information content (AvgIpc) is 2.66. The molecule has 1 heterocycles. The van der Waals surface area contributed by atoms with Crippen molar-refractivity contribution in [2.75, 3.05) is 11.9 Å². The first kappa shape index (κ1) is 15.7. The smallest absolute Gasteiger partial charge is 0.348 e. The topological polar surface area (TPSA) is 55.4 Å². The van der Waals surface area contributed by atoms with E-state index < -0.39 is 5.41 Å². The highest BCUT2D eigenvalue weighted by molar-refractivity contribution is 7.18.